The van der Waals surface area contributed by atoms with Gasteiger partial charge in [0.05, 0.1) is 17.3 Å². The first-order valence-electron chi connectivity index (χ1n) is 17.2. The van der Waals surface area contributed by atoms with E-state index in [-0.39, 0.29) is 41.6 Å². The summed E-state index contributed by atoms with van der Waals surface area (Å²) in [7, 11) is 0. The van der Waals surface area contributed by atoms with Gasteiger partial charge in [-0.25, -0.2) is 9.48 Å². The first kappa shape index (κ1) is 33.2. The van der Waals surface area contributed by atoms with Gasteiger partial charge in [0.15, 0.2) is 0 Å². The third-order valence-electron chi connectivity index (χ3n) is 9.81. The molecule has 2 aliphatic rings. The van der Waals surface area contributed by atoms with Crippen LogP contribution in [0.2, 0.25) is 0 Å². The fourth-order valence-electron chi connectivity index (χ4n) is 7.37. The number of hydrogen-bond acceptors (Lipinski definition) is 4. The number of anilines is 2. The number of aryl methyl sites for hydroxylation is 1. The molecule has 2 aliphatic heterocycles. The van der Waals surface area contributed by atoms with Crippen molar-refractivity contribution in [2.45, 2.75) is 96.6 Å². The summed E-state index contributed by atoms with van der Waals surface area (Å²) in [6.45, 7) is 9.92. The molecule has 3 unspecified atom stereocenters. The van der Waals surface area contributed by atoms with E-state index < -0.39 is 5.92 Å². The molecule has 8 heteroatoms. The molecule has 0 radical (unpaired) electrons. The first-order chi connectivity index (χ1) is 22.9. The van der Waals surface area contributed by atoms with Gasteiger partial charge in [0.2, 0.25) is 5.91 Å². The molecule has 3 aromatic carbocycles. The Kier molecular flexibility index (Phi) is 9.54. The maximum atomic E-state index is 13.9. The van der Waals surface area contributed by atoms with Crippen LogP contribution in [-0.4, -0.2) is 44.5 Å². The highest BCUT2D eigenvalue weighted by Crippen LogP contribution is 2.42. The lowest BCUT2D eigenvalue weighted by molar-refractivity contribution is -0.139. The van der Waals surface area contributed by atoms with E-state index in [1.807, 2.05) is 79.7 Å². The molecule has 3 amide bonds. The standard InChI is InChI=1S/C40H47N5O3/c1-26-11-17-32(18-12-26)45-37(25-36(43-45)40(3,4)5)42-39(48)41-31-15-13-28(14-16-31)22-29-23-33-19-20-34(24-29)44(33)38(47)35(21-27(2)46)30-9-7-6-8-10-30/h6-18,25,29,33-35H,19-24H2,1-5H3,(H2,41,42,48). The van der Waals surface area contributed by atoms with Gasteiger partial charge in [-0.15, -0.1) is 0 Å². The fourth-order valence-corrected chi connectivity index (χ4v) is 7.37. The van der Waals surface area contributed by atoms with Gasteiger partial charge in [0, 0.05) is 35.7 Å². The van der Waals surface area contributed by atoms with E-state index in [0.717, 1.165) is 54.6 Å². The number of benzene rings is 3. The minimum absolute atomic E-state index is 0.0402. The van der Waals surface area contributed by atoms with E-state index in [2.05, 4.69) is 48.4 Å². The van der Waals surface area contributed by atoms with E-state index in [1.54, 1.807) is 11.6 Å². The van der Waals surface area contributed by atoms with E-state index in [9.17, 15) is 14.4 Å². The lowest BCUT2D eigenvalue weighted by Crippen LogP contribution is -2.49. The van der Waals surface area contributed by atoms with Crippen molar-refractivity contribution >= 4 is 29.2 Å². The lowest BCUT2D eigenvalue weighted by Gasteiger charge is -2.41. The van der Waals surface area contributed by atoms with Crippen LogP contribution in [0.3, 0.4) is 0 Å². The minimum Gasteiger partial charge on any atom is -0.336 e. The highest BCUT2D eigenvalue weighted by Gasteiger charge is 2.45. The van der Waals surface area contributed by atoms with Crippen LogP contribution in [0.5, 0.6) is 0 Å². The second-order valence-electron chi connectivity index (χ2n) is 14.7. The Hall–Kier alpha value is -4.72. The molecule has 1 aromatic heterocycles. The van der Waals surface area contributed by atoms with E-state index in [1.165, 1.54) is 5.56 Å². The van der Waals surface area contributed by atoms with Crippen LogP contribution in [0.25, 0.3) is 5.69 Å². The SMILES string of the molecule is CC(=O)CC(C(=O)N1C2CCC1CC(Cc1ccc(NC(=O)Nc3cc(C(C)(C)C)nn3-c3ccc(C)cc3)cc1)C2)c1ccccc1. The molecule has 0 saturated carbocycles. The molecular formula is C40H47N5O3. The lowest BCUT2D eigenvalue weighted by atomic mass is 9.84. The van der Waals surface area contributed by atoms with Crippen molar-refractivity contribution in [3.05, 3.63) is 107 Å². The normalized spacial score (nSPS) is 19.5. The molecule has 4 aromatic rings. The van der Waals surface area contributed by atoms with Crippen molar-refractivity contribution in [1.29, 1.82) is 0 Å². The third-order valence-corrected chi connectivity index (χ3v) is 9.81. The summed E-state index contributed by atoms with van der Waals surface area (Å²) < 4.78 is 1.78. The van der Waals surface area contributed by atoms with Crippen LogP contribution in [0.15, 0.2) is 84.9 Å². The van der Waals surface area contributed by atoms with Gasteiger partial charge in [0.25, 0.3) is 0 Å². The molecular weight excluding hydrogens is 598 g/mol. The Balaban J connectivity index is 1.07. The maximum Gasteiger partial charge on any atom is 0.324 e. The zero-order chi connectivity index (χ0) is 34.0. The monoisotopic (exact) mass is 645 g/mol. The van der Waals surface area contributed by atoms with Crippen molar-refractivity contribution in [2.24, 2.45) is 5.92 Å². The van der Waals surface area contributed by atoms with Gasteiger partial charge in [-0.3, -0.25) is 14.9 Å². The number of rotatable bonds is 9. The number of nitrogens with zero attached hydrogens (tertiary/aromatic N) is 3. The van der Waals surface area contributed by atoms with Crippen molar-refractivity contribution in [3.63, 3.8) is 0 Å². The van der Waals surface area contributed by atoms with Crippen LogP contribution >= 0.6 is 0 Å². The molecule has 8 nitrogen and oxygen atoms in total. The number of fused-ring (bicyclic) bond motifs is 2. The van der Waals surface area contributed by atoms with Crippen molar-refractivity contribution < 1.29 is 14.4 Å². The molecule has 250 valence electrons. The molecule has 3 atom stereocenters. The van der Waals surface area contributed by atoms with E-state index in [4.69, 9.17) is 5.10 Å². The third kappa shape index (κ3) is 7.53. The first-order valence-corrected chi connectivity index (χ1v) is 17.2. The van der Waals surface area contributed by atoms with Crippen LogP contribution in [0.4, 0.5) is 16.3 Å². The summed E-state index contributed by atoms with van der Waals surface area (Å²) in [5.41, 5.74) is 5.61. The number of carbonyl (C=O) groups is 3. The second-order valence-corrected chi connectivity index (χ2v) is 14.7. The highest BCUT2D eigenvalue weighted by molar-refractivity contribution is 5.99. The molecule has 6 rings (SSSR count). The van der Waals surface area contributed by atoms with Gasteiger partial charge in [0.1, 0.15) is 11.6 Å². The predicted molar refractivity (Wildman–Crippen MR) is 191 cm³/mol. The number of Topliss-reactive ketones (excluding diaryl/α,β-unsaturated/α-hetero) is 1. The zero-order valence-corrected chi connectivity index (χ0v) is 28.7. The van der Waals surface area contributed by atoms with Gasteiger partial charge in [-0.1, -0.05) is 80.9 Å². The number of nitrogens with one attached hydrogen (secondary N) is 2. The summed E-state index contributed by atoms with van der Waals surface area (Å²) in [6.07, 6.45) is 5.16. The zero-order valence-electron chi connectivity index (χ0n) is 28.7. The number of aromatic nitrogens is 2. The molecule has 2 N–H and O–H groups in total. The number of urea groups is 1. The molecule has 2 saturated heterocycles. The number of amides is 3. The highest BCUT2D eigenvalue weighted by atomic mass is 16.2. The maximum absolute atomic E-state index is 13.9. The molecule has 2 bridgehead atoms. The average molecular weight is 646 g/mol. The molecule has 0 aliphatic carbocycles. The van der Waals surface area contributed by atoms with E-state index in [0.29, 0.717) is 17.4 Å². The molecule has 3 heterocycles. The van der Waals surface area contributed by atoms with Crippen molar-refractivity contribution in [2.75, 3.05) is 10.6 Å². The Labute approximate surface area is 283 Å². The summed E-state index contributed by atoms with van der Waals surface area (Å²) in [5, 5.41) is 10.8. The predicted octanol–water partition coefficient (Wildman–Crippen LogP) is 8.20. The molecule has 0 spiro atoms. The topological polar surface area (TPSA) is 96.3 Å². The molecule has 2 fully saturated rings. The number of ketones is 1. The second kappa shape index (κ2) is 13.8. The van der Waals surface area contributed by atoms with Gasteiger partial charge in [-0.05, 0) is 87.3 Å². The Morgan fingerprint density at radius 3 is 2.12 bits per heavy atom. The average Bonchev–Trinajstić information content (AvgIpc) is 3.59. The van der Waals surface area contributed by atoms with E-state index >= 15 is 0 Å². The Morgan fingerprint density at radius 2 is 1.52 bits per heavy atom. The van der Waals surface area contributed by atoms with Crippen LogP contribution in [0.1, 0.15) is 88.1 Å². The van der Waals surface area contributed by atoms with Gasteiger partial charge < -0.3 is 10.2 Å². The quantitative estimate of drug-likeness (QED) is 0.192. The van der Waals surface area contributed by atoms with Gasteiger partial charge >= 0.3 is 6.03 Å². The van der Waals surface area contributed by atoms with Crippen LogP contribution in [-0.2, 0) is 21.4 Å². The van der Waals surface area contributed by atoms with Gasteiger partial charge in [-0.2, -0.15) is 5.10 Å². The smallest absolute Gasteiger partial charge is 0.324 e. The summed E-state index contributed by atoms with van der Waals surface area (Å²) >= 11 is 0. The van der Waals surface area contributed by atoms with Crippen LogP contribution in [0, 0.1) is 12.8 Å². The summed E-state index contributed by atoms with van der Waals surface area (Å²) in [4.78, 5) is 41.3. The Bertz CT molecular complexity index is 1740. The largest absolute Gasteiger partial charge is 0.336 e. The van der Waals surface area contributed by atoms with Crippen LogP contribution < -0.4 is 10.6 Å². The fraction of sp³-hybridized carbons (Fsp3) is 0.400. The molecule has 48 heavy (non-hydrogen) atoms. The summed E-state index contributed by atoms with van der Waals surface area (Å²) in [6, 6.07) is 27.9. The number of hydrogen-bond donors (Lipinski definition) is 2. The minimum atomic E-state index is -0.413. The van der Waals surface area contributed by atoms with Crippen molar-refractivity contribution in [3.8, 4) is 5.69 Å². The van der Waals surface area contributed by atoms with Crippen molar-refractivity contribution in [1.82, 2.24) is 14.7 Å². The summed E-state index contributed by atoms with van der Waals surface area (Å²) in [5.74, 6) is 0.819. The Morgan fingerprint density at radius 1 is 0.875 bits per heavy atom. The number of carbonyl (C=O) groups excluding carboxylic acids is 3. The number of piperidine rings is 1.